The summed E-state index contributed by atoms with van der Waals surface area (Å²) in [5.41, 5.74) is 6.13. The first-order chi connectivity index (χ1) is 20.0. The van der Waals surface area contributed by atoms with E-state index in [1.54, 1.807) is 0 Å². The van der Waals surface area contributed by atoms with Crippen molar-refractivity contribution in [1.29, 1.82) is 0 Å². The molecular formula is C33H36N2O6. The topological polar surface area (TPSA) is 97.3 Å². The van der Waals surface area contributed by atoms with Gasteiger partial charge in [0.2, 0.25) is 0 Å². The first-order valence-corrected chi connectivity index (χ1v) is 14.1. The highest BCUT2D eigenvalue weighted by molar-refractivity contribution is 5.68. The minimum atomic E-state index is -0.866. The highest BCUT2D eigenvalue weighted by atomic mass is 16.5. The number of carboxylic acid groups (broad SMARTS) is 1. The molecule has 41 heavy (non-hydrogen) atoms. The molecule has 3 aromatic carbocycles. The van der Waals surface area contributed by atoms with E-state index in [1.165, 1.54) is 5.56 Å². The molecule has 0 radical (unpaired) electrons. The second kappa shape index (κ2) is 13.3. The van der Waals surface area contributed by atoms with Crippen molar-refractivity contribution in [2.75, 3.05) is 24.8 Å². The first-order valence-electron chi connectivity index (χ1n) is 14.1. The van der Waals surface area contributed by atoms with Crippen LogP contribution in [-0.4, -0.2) is 37.1 Å². The fraction of sp³-hybridized carbons (Fsp3) is 0.333. The lowest BCUT2D eigenvalue weighted by Crippen LogP contribution is -2.25. The smallest absolute Gasteiger partial charge is 0.407 e. The predicted molar refractivity (Wildman–Crippen MR) is 156 cm³/mol. The summed E-state index contributed by atoms with van der Waals surface area (Å²) in [4.78, 5) is 25.4. The lowest BCUT2D eigenvalue weighted by molar-refractivity contribution is -0.136. The van der Waals surface area contributed by atoms with Gasteiger partial charge in [0.15, 0.2) is 6.73 Å². The van der Waals surface area contributed by atoms with Crippen LogP contribution < -0.4 is 15.0 Å². The summed E-state index contributed by atoms with van der Waals surface area (Å²) in [6.07, 6.45) is 2.77. The number of anilines is 1. The highest BCUT2D eigenvalue weighted by Crippen LogP contribution is 2.32. The predicted octanol–water partition coefficient (Wildman–Crippen LogP) is 6.50. The highest BCUT2D eigenvalue weighted by Gasteiger charge is 2.24. The van der Waals surface area contributed by atoms with E-state index >= 15 is 0 Å². The van der Waals surface area contributed by atoms with E-state index in [-0.39, 0.29) is 13.0 Å². The van der Waals surface area contributed by atoms with Gasteiger partial charge in [0.1, 0.15) is 11.5 Å². The number of ether oxygens (including phenoxy) is 3. The van der Waals surface area contributed by atoms with Crippen LogP contribution >= 0.6 is 0 Å². The molecule has 1 heterocycles. The number of benzene rings is 3. The molecule has 0 aromatic heterocycles. The zero-order chi connectivity index (χ0) is 28.6. The van der Waals surface area contributed by atoms with Crippen molar-refractivity contribution < 1.29 is 28.9 Å². The number of nitrogens with one attached hydrogen (secondary N) is 1. The fourth-order valence-electron chi connectivity index (χ4n) is 4.82. The maximum atomic E-state index is 12.1. The Morgan fingerprint density at radius 1 is 0.976 bits per heavy atom. The average molecular weight is 557 g/mol. The van der Waals surface area contributed by atoms with Gasteiger partial charge in [-0.2, -0.15) is 0 Å². The molecule has 1 saturated carbocycles. The minimum Gasteiger partial charge on any atom is -0.493 e. The molecule has 1 aliphatic heterocycles. The Balaban J connectivity index is 1.20. The third-order valence-electron chi connectivity index (χ3n) is 7.39. The second-order valence-electron chi connectivity index (χ2n) is 10.4. The number of carbonyl (C=O) groups is 2. The van der Waals surface area contributed by atoms with Crippen molar-refractivity contribution in [2.24, 2.45) is 5.92 Å². The minimum absolute atomic E-state index is 0.00885. The third-order valence-corrected chi connectivity index (χ3v) is 7.39. The van der Waals surface area contributed by atoms with Crippen molar-refractivity contribution in [3.05, 3.63) is 95.4 Å². The summed E-state index contributed by atoms with van der Waals surface area (Å²) in [6, 6.07) is 24.3. The van der Waals surface area contributed by atoms with Gasteiger partial charge in [0, 0.05) is 25.1 Å². The molecule has 1 aliphatic carbocycles. The number of allylic oxidation sites excluding steroid dienone is 1. The van der Waals surface area contributed by atoms with Crippen LogP contribution in [0.5, 0.6) is 5.75 Å². The average Bonchev–Trinajstić information content (AvgIpc) is 3.76. The van der Waals surface area contributed by atoms with Crippen molar-refractivity contribution in [3.63, 3.8) is 0 Å². The van der Waals surface area contributed by atoms with Crippen LogP contribution in [0.1, 0.15) is 43.7 Å². The van der Waals surface area contributed by atoms with Gasteiger partial charge in [0.05, 0.1) is 18.9 Å². The summed E-state index contributed by atoms with van der Waals surface area (Å²) in [6.45, 7) is 3.53. The van der Waals surface area contributed by atoms with Gasteiger partial charge in [-0.3, -0.25) is 4.79 Å². The number of alkyl carbamates (subject to hydrolysis) is 1. The first kappa shape index (κ1) is 28.1. The number of nitrogens with zero attached hydrogens (tertiary/aromatic N) is 1. The Kier molecular flexibility index (Phi) is 9.08. The molecule has 2 aliphatic rings. The number of rotatable bonds is 13. The lowest BCUT2D eigenvalue weighted by atomic mass is 10.0. The summed E-state index contributed by atoms with van der Waals surface area (Å²) in [5.74, 6) is 1.15. The van der Waals surface area contributed by atoms with Gasteiger partial charge in [0.25, 0.3) is 0 Å². The van der Waals surface area contributed by atoms with Gasteiger partial charge in [-0.25, -0.2) is 4.79 Å². The zero-order valence-corrected chi connectivity index (χ0v) is 23.3. The number of hydrogen-bond donors (Lipinski definition) is 2. The number of hydrogen-bond acceptors (Lipinski definition) is 6. The molecule has 2 N–H and O–H groups in total. The Labute approximate surface area is 240 Å². The largest absolute Gasteiger partial charge is 0.493 e. The lowest BCUT2D eigenvalue weighted by Gasteiger charge is -2.21. The van der Waals surface area contributed by atoms with Gasteiger partial charge >= 0.3 is 12.1 Å². The molecule has 0 unspecified atom stereocenters. The molecule has 0 bridgehead atoms. The Bertz CT molecular complexity index is 1380. The normalized spacial score (nSPS) is 14.5. The molecule has 5 rings (SSSR count). The maximum Gasteiger partial charge on any atom is 0.407 e. The van der Waals surface area contributed by atoms with Crippen molar-refractivity contribution >= 4 is 17.7 Å². The van der Waals surface area contributed by atoms with Gasteiger partial charge in [-0.05, 0) is 78.6 Å². The molecule has 0 spiro atoms. The number of aliphatic carboxylic acids is 1. The molecular weight excluding hydrogens is 520 g/mol. The van der Waals surface area contributed by atoms with E-state index in [1.807, 2.05) is 43.3 Å². The summed E-state index contributed by atoms with van der Waals surface area (Å²) in [7, 11) is 0. The van der Waals surface area contributed by atoms with Crippen LogP contribution in [0.25, 0.3) is 11.1 Å². The van der Waals surface area contributed by atoms with E-state index in [0.29, 0.717) is 44.5 Å². The number of carboxylic acids is 1. The van der Waals surface area contributed by atoms with E-state index in [4.69, 9.17) is 19.3 Å². The van der Waals surface area contributed by atoms with Gasteiger partial charge < -0.3 is 29.5 Å². The van der Waals surface area contributed by atoms with Gasteiger partial charge in [-0.1, -0.05) is 48.5 Å². The van der Waals surface area contributed by atoms with E-state index in [2.05, 4.69) is 46.6 Å². The summed E-state index contributed by atoms with van der Waals surface area (Å²) < 4.78 is 17.3. The van der Waals surface area contributed by atoms with Crippen LogP contribution in [0.3, 0.4) is 0 Å². The summed E-state index contributed by atoms with van der Waals surface area (Å²) >= 11 is 0. The molecule has 214 valence electrons. The van der Waals surface area contributed by atoms with Crippen molar-refractivity contribution in [2.45, 2.75) is 45.6 Å². The Hall–Kier alpha value is -4.46. The molecule has 8 heteroatoms. The molecule has 0 saturated heterocycles. The fourth-order valence-corrected chi connectivity index (χ4v) is 4.82. The van der Waals surface area contributed by atoms with E-state index in [0.717, 1.165) is 46.7 Å². The Morgan fingerprint density at radius 3 is 2.46 bits per heavy atom. The van der Waals surface area contributed by atoms with E-state index in [9.17, 15) is 9.59 Å². The summed E-state index contributed by atoms with van der Waals surface area (Å²) in [5, 5.41) is 11.9. The van der Waals surface area contributed by atoms with Crippen molar-refractivity contribution in [1.82, 2.24) is 5.32 Å². The van der Waals surface area contributed by atoms with Crippen LogP contribution in [0.2, 0.25) is 0 Å². The van der Waals surface area contributed by atoms with Gasteiger partial charge in [-0.15, -0.1) is 0 Å². The molecule has 1 amide bonds. The molecule has 3 aromatic rings. The van der Waals surface area contributed by atoms with Crippen LogP contribution in [0.4, 0.5) is 10.5 Å². The zero-order valence-electron chi connectivity index (χ0n) is 23.3. The monoisotopic (exact) mass is 556 g/mol. The quantitative estimate of drug-likeness (QED) is 0.248. The SMILES string of the molecule is CC1=C(CCOc2ccc(CCC(=O)O)c(CNC(=O)OCC3CC3)c2)N(c2ccc(-c3ccccc3)cc2)CO1. The molecule has 1 fully saturated rings. The van der Waals surface area contributed by atoms with Crippen LogP contribution in [-0.2, 0) is 27.2 Å². The molecule has 8 nitrogen and oxygen atoms in total. The number of amides is 1. The second-order valence-corrected chi connectivity index (χ2v) is 10.4. The van der Waals surface area contributed by atoms with Crippen LogP contribution in [0.15, 0.2) is 84.3 Å². The number of carbonyl (C=O) groups excluding carboxylic acids is 1. The maximum absolute atomic E-state index is 12.1. The Morgan fingerprint density at radius 2 is 1.73 bits per heavy atom. The third kappa shape index (κ3) is 7.81. The molecule has 0 atom stereocenters. The number of aryl methyl sites for hydroxylation is 1. The van der Waals surface area contributed by atoms with E-state index < -0.39 is 12.1 Å². The standard InChI is InChI=1S/C33H36N2O6/c1-23-31(35(22-41-23)29-13-9-26(10-14-29)25-5-3-2-4-6-25)17-18-39-30-15-11-27(12-16-32(36)37)28(19-30)20-34-33(38)40-21-24-7-8-24/h2-6,9-11,13-15,19,24H,7-8,12,16-18,20-22H2,1H3,(H,34,38)(H,36,37). The van der Waals surface area contributed by atoms with Crippen LogP contribution in [0, 0.1) is 5.92 Å². The van der Waals surface area contributed by atoms with Crippen molar-refractivity contribution in [3.8, 4) is 16.9 Å².